The maximum atomic E-state index is 12.7. The lowest BCUT2D eigenvalue weighted by Crippen LogP contribution is -2.12. The maximum absolute atomic E-state index is 12.7. The lowest BCUT2D eigenvalue weighted by atomic mass is 10.0. The number of fused-ring (bicyclic) bond motifs is 2. The summed E-state index contributed by atoms with van der Waals surface area (Å²) in [7, 11) is 0. The molecule has 0 atom stereocenters. The standard InChI is InChI=1S/C19H14N2OS2/c1-23-13-9-10-16-17(11-13)24-19(20-16)21-18(22)15-8-4-6-12-5-2-3-7-14(12)15/h2-11H,1H3,(H,20,21,22). The minimum Gasteiger partial charge on any atom is -0.298 e. The molecule has 0 aliphatic rings. The molecule has 0 bridgehead atoms. The molecule has 0 aliphatic heterocycles. The van der Waals surface area contributed by atoms with Crippen LogP contribution in [0.3, 0.4) is 0 Å². The molecule has 3 aromatic carbocycles. The van der Waals surface area contributed by atoms with Crippen LogP contribution in [0, 0.1) is 0 Å². The summed E-state index contributed by atoms with van der Waals surface area (Å²) in [5, 5.41) is 5.57. The summed E-state index contributed by atoms with van der Waals surface area (Å²) in [6.07, 6.45) is 2.05. The summed E-state index contributed by atoms with van der Waals surface area (Å²) in [5.41, 5.74) is 1.57. The maximum Gasteiger partial charge on any atom is 0.258 e. The van der Waals surface area contributed by atoms with Gasteiger partial charge < -0.3 is 0 Å². The minimum atomic E-state index is -0.129. The van der Waals surface area contributed by atoms with Crippen LogP contribution in [0.1, 0.15) is 10.4 Å². The first-order valence-electron chi connectivity index (χ1n) is 7.48. The van der Waals surface area contributed by atoms with Crippen LogP contribution in [0.2, 0.25) is 0 Å². The van der Waals surface area contributed by atoms with Gasteiger partial charge in [0.2, 0.25) is 0 Å². The van der Waals surface area contributed by atoms with Gasteiger partial charge in [0.25, 0.3) is 5.91 Å². The Labute approximate surface area is 147 Å². The van der Waals surface area contributed by atoms with Crippen LogP contribution in [0.4, 0.5) is 5.13 Å². The van der Waals surface area contributed by atoms with E-state index >= 15 is 0 Å². The van der Waals surface area contributed by atoms with Crippen molar-refractivity contribution in [2.24, 2.45) is 0 Å². The van der Waals surface area contributed by atoms with Crippen LogP contribution < -0.4 is 5.32 Å². The number of thioether (sulfide) groups is 1. The molecule has 0 aliphatic carbocycles. The quantitative estimate of drug-likeness (QED) is 0.501. The molecule has 0 spiro atoms. The van der Waals surface area contributed by atoms with Gasteiger partial charge in [0.1, 0.15) is 0 Å². The highest BCUT2D eigenvalue weighted by atomic mass is 32.2. The first kappa shape index (κ1) is 15.2. The highest BCUT2D eigenvalue weighted by Crippen LogP contribution is 2.30. The van der Waals surface area contributed by atoms with Crippen LogP contribution in [0.5, 0.6) is 0 Å². The Morgan fingerprint density at radius 2 is 1.92 bits per heavy atom. The molecule has 0 saturated carbocycles. The van der Waals surface area contributed by atoms with Crippen molar-refractivity contribution < 1.29 is 4.79 Å². The lowest BCUT2D eigenvalue weighted by Gasteiger charge is -2.05. The zero-order valence-corrected chi connectivity index (χ0v) is 14.6. The Kier molecular flexibility index (Phi) is 3.96. The van der Waals surface area contributed by atoms with Gasteiger partial charge in [-0.1, -0.05) is 47.7 Å². The Hall–Kier alpha value is -2.37. The Balaban J connectivity index is 1.68. The molecule has 0 unspecified atom stereocenters. The first-order valence-corrected chi connectivity index (χ1v) is 9.52. The SMILES string of the molecule is CSc1ccc2nc(NC(=O)c3cccc4ccccc34)sc2c1. The van der Waals surface area contributed by atoms with Crippen LogP contribution in [0.15, 0.2) is 65.6 Å². The average molecular weight is 350 g/mol. The molecule has 1 amide bonds. The van der Waals surface area contributed by atoms with Gasteiger partial charge >= 0.3 is 0 Å². The fraction of sp³-hybridized carbons (Fsp3) is 0.0526. The molecule has 0 saturated heterocycles. The zero-order chi connectivity index (χ0) is 16.5. The van der Waals surface area contributed by atoms with Gasteiger partial charge in [-0.15, -0.1) is 11.8 Å². The molecule has 4 aromatic rings. The Morgan fingerprint density at radius 3 is 2.79 bits per heavy atom. The molecule has 118 valence electrons. The third-order valence-electron chi connectivity index (χ3n) is 3.85. The van der Waals surface area contributed by atoms with E-state index in [2.05, 4.69) is 16.4 Å². The van der Waals surface area contributed by atoms with E-state index in [9.17, 15) is 4.79 Å². The molecule has 3 nitrogen and oxygen atoms in total. The number of nitrogens with zero attached hydrogens (tertiary/aromatic N) is 1. The number of anilines is 1. The van der Waals surface area contributed by atoms with E-state index in [1.807, 2.05) is 60.9 Å². The predicted octanol–water partition coefficient (Wildman–Crippen LogP) is 5.42. The third-order valence-corrected chi connectivity index (χ3v) is 5.51. The van der Waals surface area contributed by atoms with Gasteiger partial charge in [-0.3, -0.25) is 10.1 Å². The van der Waals surface area contributed by atoms with Gasteiger partial charge in [-0.25, -0.2) is 4.98 Å². The van der Waals surface area contributed by atoms with Gasteiger partial charge in [0.15, 0.2) is 5.13 Å². The predicted molar refractivity (Wildman–Crippen MR) is 103 cm³/mol. The molecule has 0 fully saturated rings. The number of aromatic nitrogens is 1. The number of hydrogen-bond donors (Lipinski definition) is 1. The Bertz CT molecular complexity index is 1050. The third kappa shape index (κ3) is 2.77. The number of carbonyl (C=O) groups excluding carboxylic acids is 1. The van der Waals surface area contributed by atoms with Crippen molar-refractivity contribution in [3.05, 3.63) is 66.2 Å². The number of hydrogen-bond acceptors (Lipinski definition) is 4. The summed E-state index contributed by atoms with van der Waals surface area (Å²) in [5.74, 6) is -0.129. The molecule has 1 aromatic heterocycles. The fourth-order valence-corrected chi connectivity index (χ4v) is 4.09. The van der Waals surface area contributed by atoms with Crippen LogP contribution in [-0.2, 0) is 0 Å². The van der Waals surface area contributed by atoms with Crippen molar-refractivity contribution in [2.75, 3.05) is 11.6 Å². The van der Waals surface area contributed by atoms with E-state index in [1.165, 1.54) is 16.2 Å². The summed E-state index contributed by atoms with van der Waals surface area (Å²) in [6, 6.07) is 19.8. The molecule has 1 N–H and O–H groups in total. The summed E-state index contributed by atoms with van der Waals surface area (Å²) in [4.78, 5) is 18.4. The van der Waals surface area contributed by atoms with Crippen molar-refractivity contribution in [2.45, 2.75) is 4.90 Å². The number of amides is 1. The Morgan fingerprint density at radius 1 is 1.08 bits per heavy atom. The molecular formula is C19H14N2OS2. The van der Waals surface area contributed by atoms with E-state index in [1.54, 1.807) is 11.8 Å². The second kappa shape index (κ2) is 6.26. The molecule has 5 heteroatoms. The number of rotatable bonds is 3. The average Bonchev–Trinajstić information content (AvgIpc) is 3.02. The number of benzene rings is 3. The normalized spacial score (nSPS) is 11.0. The highest BCUT2D eigenvalue weighted by Gasteiger charge is 2.12. The van der Waals surface area contributed by atoms with E-state index in [4.69, 9.17) is 0 Å². The zero-order valence-electron chi connectivity index (χ0n) is 12.9. The molecule has 24 heavy (non-hydrogen) atoms. The highest BCUT2D eigenvalue weighted by molar-refractivity contribution is 7.98. The molecule has 0 radical (unpaired) electrons. The van der Waals surface area contributed by atoms with E-state index in [-0.39, 0.29) is 5.91 Å². The first-order chi connectivity index (χ1) is 11.7. The smallest absolute Gasteiger partial charge is 0.258 e. The summed E-state index contributed by atoms with van der Waals surface area (Å²) >= 11 is 3.20. The van der Waals surface area contributed by atoms with E-state index in [0.29, 0.717) is 10.7 Å². The second-order valence-electron chi connectivity index (χ2n) is 5.33. The topological polar surface area (TPSA) is 42.0 Å². The summed E-state index contributed by atoms with van der Waals surface area (Å²) in [6.45, 7) is 0. The monoisotopic (exact) mass is 350 g/mol. The fourth-order valence-electron chi connectivity index (χ4n) is 2.67. The van der Waals surface area contributed by atoms with Crippen LogP contribution >= 0.6 is 23.1 Å². The van der Waals surface area contributed by atoms with Crippen LogP contribution in [0.25, 0.3) is 21.0 Å². The van der Waals surface area contributed by atoms with Gasteiger partial charge in [0, 0.05) is 10.5 Å². The molecular weight excluding hydrogens is 336 g/mol. The number of thiazole rings is 1. The molecule has 4 rings (SSSR count). The van der Waals surface area contributed by atoms with Crippen molar-refractivity contribution in [1.29, 1.82) is 0 Å². The largest absolute Gasteiger partial charge is 0.298 e. The van der Waals surface area contributed by atoms with Crippen LogP contribution in [-0.4, -0.2) is 17.1 Å². The van der Waals surface area contributed by atoms with Gasteiger partial charge in [-0.2, -0.15) is 0 Å². The van der Waals surface area contributed by atoms with Crippen molar-refractivity contribution in [3.63, 3.8) is 0 Å². The van der Waals surface area contributed by atoms with Crippen molar-refractivity contribution in [1.82, 2.24) is 4.98 Å². The summed E-state index contributed by atoms with van der Waals surface area (Å²) < 4.78 is 1.08. The van der Waals surface area contributed by atoms with Gasteiger partial charge in [-0.05, 0) is 41.3 Å². The van der Waals surface area contributed by atoms with Crippen molar-refractivity contribution >= 4 is 55.1 Å². The van der Waals surface area contributed by atoms with E-state index < -0.39 is 0 Å². The van der Waals surface area contributed by atoms with E-state index in [0.717, 1.165) is 21.0 Å². The van der Waals surface area contributed by atoms with Crippen molar-refractivity contribution in [3.8, 4) is 0 Å². The number of carbonyl (C=O) groups is 1. The van der Waals surface area contributed by atoms with Gasteiger partial charge in [0.05, 0.1) is 10.2 Å². The lowest BCUT2D eigenvalue weighted by molar-refractivity contribution is 0.102. The number of nitrogens with one attached hydrogen (secondary N) is 1. The molecule has 1 heterocycles. The minimum absolute atomic E-state index is 0.129. The second-order valence-corrected chi connectivity index (χ2v) is 7.24.